The van der Waals surface area contributed by atoms with Gasteiger partial charge in [0, 0.05) is 58.4 Å². The number of rotatable bonds is 10. The summed E-state index contributed by atoms with van der Waals surface area (Å²) >= 11 is 0. The molecule has 42 heavy (non-hydrogen) atoms. The molecule has 3 aromatic carbocycles. The first kappa shape index (κ1) is 31.7. The third-order valence-electron chi connectivity index (χ3n) is 8.10. The van der Waals surface area contributed by atoms with Crippen molar-refractivity contribution in [2.24, 2.45) is 0 Å². The average molecular weight is 581 g/mol. The number of piperazine rings is 1. The number of likely N-dealkylation sites (N-methyl/N-ethyl adjacent to an activating group) is 2. The maximum absolute atomic E-state index is 13.8. The molecule has 0 aliphatic carbocycles. The van der Waals surface area contributed by atoms with Crippen LogP contribution in [0, 0.1) is 0 Å². The highest BCUT2D eigenvalue weighted by Crippen LogP contribution is 2.34. The standard InChI is InChI=1S/C34H43F3N4O/c1-25(2)28-11-12-29(33(42)31(23-28)39(5)18-17-38(3)4)24-40-19-21-41(22-20-40)32(26-9-7-6-8-10-26)27-13-15-30(16-14-27)34(35,36)37/h6-16,23,25,32H,17-22,24H2,1-5H3. The molecule has 1 unspecified atom stereocenters. The number of nitrogens with zero attached hydrogens (tertiary/aromatic N) is 4. The van der Waals surface area contributed by atoms with Crippen LogP contribution in [0.5, 0.6) is 0 Å². The number of halogens is 3. The predicted molar refractivity (Wildman–Crippen MR) is 165 cm³/mol. The third kappa shape index (κ3) is 8.00. The molecular weight excluding hydrogens is 537 g/mol. The van der Waals surface area contributed by atoms with E-state index in [1.54, 1.807) is 12.1 Å². The molecule has 1 aliphatic heterocycles. The summed E-state index contributed by atoms with van der Waals surface area (Å²) in [5, 5.41) is 0. The van der Waals surface area contributed by atoms with Crippen LogP contribution in [0.25, 0.3) is 0 Å². The normalized spacial score (nSPS) is 15.8. The van der Waals surface area contributed by atoms with E-state index in [-0.39, 0.29) is 11.5 Å². The maximum atomic E-state index is 13.8. The van der Waals surface area contributed by atoms with Gasteiger partial charge in [-0.1, -0.05) is 68.4 Å². The second-order valence-electron chi connectivity index (χ2n) is 11.8. The van der Waals surface area contributed by atoms with Gasteiger partial charge in [0.05, 0.1) is 17.3 Å². The van der Waals surface area contributed by atoms with E-state index in [1.807, 2.05) is 63.6 Å². The smallest absolute Gasteiger partial charge is 0.370 e. The Morgan fingerprint density at radius 3 is 1.95 bits per heavy atom. The summed E-state index contributed by atoms with van der Waals surface area (Å²) in [6, 6.07) is 21.4. The van der Waals surface area contributed by atoms with Gasteiger partial charge in [-0.05, 0) is 54.9 Å². The molecule has 1 aliphatic rings. The van der Waals surface area contributed by atoms with E-state index in [4.69, 9.17) is 0 Å². The molecule has 0 radical (unpaired) electrons. The zero-order valence-electron chi connectivity index (χ0n) is 25.4. The summed E-state index contributed by atoms with van der Waals surface area (Å²) in [5.74, 6) is 0.300. The maximum Gasteiger partial charge on any atom is 0.416 e. The molecule has 226 valence electrons. The van der Waals surface area contributed by atoms with Crippen molar-refractivity contribution in [2.45, 2.75) is 38.5 Å². The summed E-state index contributed by atoms with van der Waals surface area (Å²) < 4.78 is 39.7. The van der Waals surface area contributed by atoms with E-state index in [0.717, 1.165) is 67.2 Å². The van der Waals surface area contributed by atoms with Crippen LogP contribution >= 0.6 is 0 Å². The van der Waals surface area contributed by atoms with Crippen molar-refractivity contribution in [1.29, 1.82) is 0 Å². The minimum absolute atomic E-state index is 0.0671. The van der Waals surface area contributed by atoms with Crippen LogP contribution in [0.15, 0.2) is 77.6 Å². The summed E-state index contributed by atoms with van der Waals surface area (Å²) in [7, 11) is 6.04. The van der Waals surface area contributed by atoms with Crippen LogP contribution in [-0.4, -0.2) is 75.1 Å². The van der Waals surface area contributed by atoms with E-state index in [0.29, 0.717) is 12.5 Å². The van der Waals surface area contributed by atoms with Crippen molar-refractivity contribution in [1.82, 2.24) is 14.7 Å². The number of benzene rings is 2. The number of hydrogen-bond acceptors (Lipinski definition) is 5. The minimum atomic E-state index is -4.36. The Hall–Kier alpha value is -3.20. The Labute approximate surface area is 248 Å². The van der Waals surface area contributed by atoms with Gasteiger partial charge in [-0.15, -0.1) is 0 Å². The van der Waals surface area contributed by atoms with Crippen molar-refractivity contribution in [3.63, 3.8) is 0 Å². The molecule has 0 bridgehead atoms. The van der Waals surface area contributed by atoms with E-state index >= 15 is 0 Å². The highest BCUT2D eigenvalue weighted by Gasteiger charge is 2.32. The summed E-state index contributed by atoms with van der Waals surface area (Å²) in [6.45, 7) is 9.43. The molecule has 3 aromatic rings. The van der Waals surface area contributed by atoms with E-state index in [1.165, 1.54) is 12.1 Å². The third-order valence-corrected chi connectivity index (χ3v) is 8.10. The number of hydrogen-bond donors (Lipinski definition) is 0. The second-order valence-corrected chi connectivity index (χ2v) is 11.8. The Bertz CT molecular complexity index is 1350. The molecule has 8 heteroatoms. The van der Waals surface area contributed by atoms with E-state index < -0.39 is 11.7 Å². The SMILES string of the molecule is CC(C)c1ccc(CN2CCN(C(c3ccccc3)c3ccc(C(F)(F)F)cc3)CC2)c(=O)c(N(C)CCN(C)C)c1. The Kier molecular flexibility index (Phi) is 10.5. The lowest BCUT2D eigenvalue weighted by Crippen LogP contribution is -2.47. The lowest BCUT2D eigenvalue weighted by Gasteiger charge is -2.39. The zero-order chi connectivity index (χ0) is 30.4. The van der Waals surface area contributed by atoms with Crippen LogP contribution in [-0.2, 0) is 12.7 Å². The van der Waals surface area contributed by atoms with Crippen LogP contribution < -0.4 is 10.3 Å². The fraction of sp³-hybridized carbons (Fsp3) is 0.441. The van der Waals surface area contributed by atoms with Gasteiger partial charge < -0.3 is 9.80 Å². The highest BCUT2D eigenvalue weighted by molar-refractivity contribution is 5.50. The fourth-order valence-electron chi connectivity index (χ4n) is 5.47. The van der Waals surface area contributed by atoms with Gasteiger partial charge in [0.2, 0.25) is 5.43 Å². The Balaban J connectivity index is 1.54. The van der Waals surface area contributed by atoms with Gasteiger partial charge in [0.25, 0.3) is 0 Å². The molecular formula is C34H43F3N4O. The quantitative estimate of drug-likeness (QED) is 0.290. The van der Waals surface area contributed by atoms with Crippen molar-refractivity contribution < 1.29 is 13.2 Å². The molecule has 0 saturated carbocycles. The Morgan fingerprint density at radius 2 is 1.38 bits per heavy atom. The van der Waals surface area contributed by atoms with Gasteiger partial charge >= 0.3 is 6.18 Å². The zero-order valence-corrected chi connectivity index (χ0v) is 25.4. The molecule has 0 aromatic heterocycles. The predicted octanol–water partition coefficient (Wildman–Crippen LogP) is 6.09. The van der Waals surface area contributed by atoms with Gasteiger partial charge in [-0.3, -0.25) is 14.6 Å². The van der Waals surface area contributed by atoms with Crippen molar-refractivity contribution in [3.8, 4) is 0 Å². The molecule has 1 heterocycles. The first-order valence-electron chi connectivity index (χ1n) is 14.7. The van der Waals surface area contributed by atoms with Crippen molar-refractivity contribution in [2.75, 3.05) is 65.3 Å². The van der Waals surface area contributed by atoms with Crippen LogP contribution in [0.3, 0.4) is 0 Å². The molecule has 5 nitrogen and oxygen atoms in total. The fourth-order valence-corrected chi connectivity index (χ4v) is 5.47. The van der Waals surface area contributed by atoms with Crippen LogP contribution in [0.1, 0.15) is 53.6 Å². The van der Waals surface area contributed by atoms with Crippen LogP contribution in [0.2, 0.25) is 0 Å². The summed E-state index contributed by atoms with van der Waals surface area (Å²) in [6.07, 6.45) is -4.36. The minimum Gasteiger partial charge on any atom is -0.370 e. The molecule has 0 spiro atoms. The summed E-state index contributed by atoms with van der Waals surface area (Å²) in [5.41, 5.74) is 3.96. The lowest BCUT2D eigenvalue weighted by atomic mass is 9.95. The van der Waals surface area contributed by atoms with Gasteiger partial charge in [0.15, 0.2) is 0 Å². The topological polar surface area (TPSA) is 30.0 Å². The molecule has 1 saturated heterocycles. The largest absolute Gasteiger partial charge is 0.416 e. The molecule has 0 amide bonds. The number of alkyl halides is 3. The van der Waals surface area contributed by atoms with Crippen LogP contribution in [0.4, 0.5) is 18.9 Å². The molecule has 1 atom stereocenters. The average Bonchev–Trinajstić information content (AvgIpc) is 3.12. The molecule has 1 fully saturated rings. The molecule has 0 N–H and O–H groups in total. The highest BCUT2D eigenvalue weighted by atomic mass is 19.4. The Morgan fingerprint density at radius 1 is 0.786 bits per heavy atom. The van der Waals surface area contributed by atoms with Crippen molar-refractivity contribution >= 4 is 5.69 Å². The molecule has 4 rings (SSSR count). The van der Waals surface area contributed by atoms with Crippen molar-refractivity contribution in [3.05, 3.63) is 111 Å². The van der Waals surface area contributed by atoms with Gasteiger partial charge in [0.1, 0.15) is 0 Å². The lowest BCUT2D eigenvalue weighted by molar-refractivity contribution is -0.137. The summed E-state index contributed by atoms with van der Waals surface area (Å²) in [4.78, 5) is 22.6. The second kappa shape index (κ2) is 13.8. The first-order valence-corrected chi connectivity index (χ1v) is 14.7. The monoisotopic (exact) mass is 580 g/mol. The van der Waals surface area contributed by atoms with E-state index in [9.17, 15) is 18.0 Å². The van der Waals surface area contributed by atoms with Gasteiger partial charge in [-0.2, -0.15) is 13.2 Å². The number of anilines is 1. The van der Waals surface area contributed by atoms with E-state index in [2.05, 4.69) is 39.5 Å². The van der Waals surface area contributed by atoms with Gasteiger partial charge in [-0.25, -0.2) is 0 Å². The first-order chi connectivity index (χ1) is 19.9.